The van der Waals surface area contributed by atoms with Crippen LogP contribution in [-0.4, -0.2) is 34.9 Å². The third kappa shape index (κ3) is 2.37. The van der Waals surface area contributed by atoms with E-state index in [4.69, 9.17) is 4.52 Å². The Bertz CT molecular complexity index is 1050. The minimum atomic E-state index is -0.206. The molecule has 0 spiro atoms. The third-order valence-corrected chi connectivity index (χ3v) is 3.35. The number of hydrogen-bond donors (Lipinski definition) is 0. The first-order chi connectivity index (χ1) is 11.2. The summed E-state index contributed by atoms with van der Waals surface area (Å²) in [5.41, 5.74) is 0.295. The normalized spacial score (nSPS) is 11.2. The summed E-state index contributed by atoms with van der Waals surface area (Å²) in [5.74, 6) is 0.595. The molecule has 0 atom stereocenters. The standard InChI is InChI=1S/C14H11N7O2/c1-20-7-11(17-19-20)13-16-12(23-18-13)8-21-14(22)10-5-3-2-4-9(10)6-15-21/h2-7H,8H2,1H3. The molecule has 0 N–H and O–H groups in total. The molecule has 0 amide bonds. The molecule has 4 aromatic rings. The number of nitrogens with zero attached hydrogens (tertiary/aromatic N) is 7. The molecule has 0 unspecified atom stereocenters. The van der Waals surface area contributed by atoms with Gasteiger partial charge in [0.1, 0.15) is 6.54 Å². The average Bonchev–Trinajstić information content (AvgIpc) is 3.19. The summed E-state index contributed by atoms with van der Waals surface area (Å²) in [4.78, 5) is 16.6. The van der Waals surface area contributed by atoms with Crippen LogP contribution < -0.4 is 5.56 Å². The van der Waals surface area contributed by atoms with E-state index in [1.54, 1.807) is 30.2 Å². The zero-order chi connectivity index (χ0) is 15.8. The van der Waals surface area contributed by atoms with E-state index in [2.05, 4.69) is 25.6 Å². The van der Waals surface area contributed by atoms with Crippen LogP contribution in [0.3, 0.4) is 0 Å². The fourth-order valence-corrected chi connectivity index (χ4v) is 2.24. The maximum atomic E-state index is 12.4. The lowest BCUT2D eigenvalue weighted by molar-refractivity contribution is 0.363. The Morgan fingerprint density at radius 3 is 2.96 bits per heavy atom. The van der Waals surface area contributed by atoms with Gasteiger partial charge in [0.05, 0.1) is 17.8 Å². The van der Waals surface area contributed by atoms with E-state index in [9.17, 15) is 4.79 Å². The van der Waals surface area contributed by atoms with Gasteiger partial charge in [0.2, 0.25) is 11.7 Å². The predicted octanol–water partition coefficient (Wildman–Crippen LogP) is 0.623. The van der Waals surface area contributed by atoms with Crippen molar-refractivity contribution in [2.75, 3.05) is 0 Å². The van der Waals surface area contributed by atoms with E-state index in [0.717, 1.165) is 5.39 Å². The highest BCUT2D eigenvalue weighted by Gasteiger charge is 2.13. The summed E-state index contributed by atoms with van der Waals surface area (Å²) >= 11 is 0. The second kappa shape index (κ2) is 5.13. The van der Waals surface area contributed by atoms with Crippen LogP contribution in [0.5, 0.6) is 0 Å². The highest BCUT2D eigenvalue weighted by Crippen LogP contribution is 2.12. The largest absolute Gasteiger partial charge is 0.337 e. The van der Waals surface area contributed by atoms with Crippen molar-refractivity contribution < 1.29 is 4.52 Å². The fraction of sp³-hybridized carbons (Fsp3) is 0.143. The van der Waals surface area contributed by atoms with Crippen LogP contribution in [-0.2, 0) is 13.6 Å². The fourth-order valence-electron chi connectivity index (χ4n) is 2.24. The number of fused-ring (bicyclic) bond motifs is 1. The summed E-state index contributed by atoms with van der Waals surface area (Å²) in [7, 11) is 1.75. The number of hydrogen-bond acceptors (Lipinski definition) is 7. The lowest BCUT2D eigenvalue weighted by Crippen LogP contribution is -2.23. The van der Waals surface area contributed by atoms with Crippen molar-refractivity contribution in [2.24, 2.45) is 7.05 Å². The molecule has 0 aliphatic rings. The smallest absolute Gasteiger partial charge is 0.275 e. The Hall–Kier alpha value is -3.36. The first-order valence-corrected chi connectivity index (χ1v) is 6.85. The summed E-state index contributed by atoms with van der Waals surface area (Å²) in [6.07, 6.45) is 3.31. The van der Waals surface area contributed by atoms with Crippen LogP contribution in [0.2, 0.25) is 0 Å². The Morgan fingerprint density at radius 2 is 2.13 bits per heavy atom. The molecular formula is C14H11N7O2. The van der Waals surface area contributed by atoms with Gasteiger partial charge in [-0.05, 0) is 6.07 Å². The second-order valence-corrected chi connectivity index (χ2v) is 4.98. The van der Waals surface area contributed by atoms with Gasteiger partial charge in [-0.2, -0.15) is 10.1 Å². The van der Waals surface area contributed by atoms with Crippen molar-refractivity contribution in [3.05, 3.63) is 52.9 Å². The topological polar surface area (TPSA) is 105 Å². The van der Waals surface area contributed by atoms with Gasteiger partial charge in [0.25, 0.3) is 5.56 Å². The molecule has 114 valence electrons. The third-order valence-electron chi connectivity index (χ3n) is 3.35. The van der Waals surface area contributed by atoms with Gasteiger partial charge >= 0.3 is 0 Å². The quantitative estimate of drug-likeness (QED) is 0.546. The molecule has 3 heterocycles. The molecular weight excluding hydrogens is 298 g/mol. The van der Waals surface area contributed by atoms with Gasteiger partial charge < -0.3 is 4.52 Å². The molecule has 0 radical (unpaired) electrons. The average molecular weight is 309 g/mol. The minimum absolute atomic E-state index is 0.0942. The lowest BCUT2D eigenvalue weighted by atomic mass is 10.2. The molecule has 0 aliphatic heterocycles. The molecule has 23 heavy (non-hydrogen) atoms. The SMILES string of the molecule is Cn1cc(-c2noc(Cn3ncc4ccccc4c3=O)n2)nn1. The van der Waals surface area contributed by atoms with E-state index >= 15 is 0 Å². The van der Waals surface area contributed by atoms with Crippen molar-refractivity contribution in [1.29, 1.82) is 0 Å². The van der Waals surface area contributed by atoms with Crippen LogP contribution in [0.15, 0.2) is 46.0 Å². The molecule has 0 saturated carbocycles. The summed E-state index contributed by atoms with van der Waals surface area (Å²) < 4.78 is 7.99. The Kier molecular flexibility index (Phi) is 2.97. The highest BCUT2D eigenvalue weighted by molar-refractivity contribution is 5.80. The first-order valence-electron chi connectivity index (χ1n) is 6.85. The second-order valence-electron chi connectivity index (χ2n) is 4.98. The molecule has 9 nitrogen and oxygen atoms in total. The van der Waals surface area contributed by atoms with Crippen LogP contribution >= 0.6 is 0 Å². The zero-order valence-corrected chi connectivity index (χ0v) is 12.1. The summed E-state index contributed by atoms with van der Waals surface area (Å²) in [5, 5.41) is 17.1. The zero-order valence-electron chi connectivity index (χ0n) is 12.1. The van der Waals surface area contributed by atoms with E-state index < -0.39 is 0 Å². The monoisotopic (exact) mass is 309 g/mol. The van der Waals surface area contributed by atoms with Crippen LogP contribution in [0.1, 0.15) is 5.89 Å². The highest BCUT2D eigenvalue weighted by atomic mass is 16.5. The molecule has 1 aromatic carbocycles. The van der Waals surface area contributed by atoms with Gasteiger partial charge in [0.15, 0.2) is 5.69 Å². The molecule has 9 heteroatoms. The molecule has 3 aromatic heterocycles. The van der Waals surface area contributed by atoms with Gasteiger partial charge in [-0.25, -0.2) is 4.68 Å². The first kappa shape index (κ1) is 13.3. The molecule has 0 saturated heterocycles. The maximum Gasteiger partial charge on any atom is 0.275 e. The van der Waals surface area contributed by atoms with Gasteiger partial charge in [0, 0.05) is 12.4 Å². The van der Waals surface area contributed by atoms with E-state index in [0.29, 0.717) is 16.9 Å². The number of rotatable bonds is 3. The molecule has 4 rings (SSSR count). The van der Waals surface area contributed by atoms with Gasteiger partial charge in [-0.15, -0.1) is 5.10 Å². The number of aromatic nitrogens is 7. The van der Waals surface area contributed by atoms with Gasteiger partial charge in [-0.1, -0.05) is 28.6 Å². The van der Waals surface area contributed by atoms with E-state index in [1.165, 1.54) is 4.68 Å². The Morgan fingerprint density at radius 1 is 1.26 bits per heavy atom. The molecule has 0 fully saturated rings. The lowest BCUT2D eigenvalue weighted by Gasteiger charge is -2.02. The summed E-state index contributed by atoms with van der Waals surface area (Å²) in [6.45, 7) is 0.0942. The Balaban J connectivity index is 1.67. The van der Waals surface area contributed by atoms with Crippen LogP contribution in [0.25, 0.3) is 22.3 Å². The van der Waals surface area contributed by atoms with Crippen molar-refractivity contribution >= 4 is 10.8 Å². The molecule has 0 bridgehead atoms. The van der Waals surface area contributed by atoms with Crippen LogP contribution in [0, 0.1) is 0 Å². The van der Waals surface area contributed by atoms with Crippen LogP contribution in [0.4, 0.5) is 0 Å². The maximum absolute atomic E-state index is 12.4. The van der Waals surface area contributed by atoms with Crippen molar-refractivity contribution in [1.82, 2.24) is 34.9 Å². The van der Waals surface area contributed by atoms with Crippen molar-refractivity contribution in [3.63, 3.8) is 0 Å². The predicted molar refractivity (Wildman–Crippen MR) is 79.4 cm³/mol. The van der Waals surface area contributed by atoms with Gasteiger partial charge in [-0.3, -0.25) is 9.48 Å². The Labute approximate surface area is 129 Å². The number of aryl methyl sites for hydroxylation is 1. The summed E-state index contributed by atoms with van der Waals surface area (Å²) in [6, 6.07) is 7.27. The molecule has 0 aliphatic carbocycles. The number of benzene rings is 1. The minimum Gasteiger partial charge on any atom is -0.337 e. The van der Waals surface area contributed by atoms with Crippen molar-refractivity contribution in [3.8, 4) is 11.5 Å². The van der Waals surface area contributed by atoms with Crippen molar-refractivity contribution in [2.45, 2.75) is 6.54 Å². The van der Waals surface area contributed by atoms with E-state index in [1.807, 2.05) is 18.2 Å². The van der Waals surface area contributed by atoms with E-state index in [-0.39, 0.29) is 18.0 Å².